The molecule has 1 fully saturated rings. The smallest absolute Gasteiger partial charge is 0.312 e. The minimum atomic E-state index is -0.577. The number of nitrogens with one attached hydrogen (secondary N) is 1. The number of urea groups is 1. The molecule has 0 spiro atoms. The van der Waals surface area contributed by atoms with Crippen LogP contribution in [0.4, 0.5) is 9.18 Å². The summed E-state index contributed by atoms with van der Waals surface area (Å²) < 4.78 is 15.1. The summed E-state index contributed by atoms with van der Waals surface area (Å²) in [5.41, 5.74) is 7.00. The third kappa shape index (κ3) is 4.16. The van der Waals surface area contributed by atoms with Crippen molar-refractivity contribution in [2.75, 3.05) is 13.1 Å². The van der Waals surface area contributed by atoms with E-state index in [1.807, 2.05) is 22.6 Å². The molecule has 3 aromatic rings. The number of piperidine rings is 1. The summed E-state index contributed by atoms with van der Waals surface area (Å²) in [4.78, 5) is 27.8. The molecule has 3 N–H and O–H groups in total. The molecule has 7 nitrogen and oxygen atoms in total. The molecule has 0 radical (unpaired) electrons. The number of hydrogen-bond donors (Lipinski definition) is 2. The molecule has 30 heavy (non-hydrogen) atoms. The zero-order valence-electron chi connectivity index (χ0n) is 16.7. The van der Waals surface area contributed by atoms with E-state index in [1.165, 1.54) is 23.5 Å². The van der Waals surface area contributed by atoms with Crippen molar-refractivity contribution in [3.05, 3.63) is 52.3 Å². The van der Waals surface area contributed by atoms with Gasteiger partial charge in [-0.3, -0.25) is 9.48 Å². The molecule has 158 valence electrons. The van der Waals surface area contributed by atoms with Gasteiger partial charge in [-0.15, -0.1) is 11.3 Å². The number of amides is 3. The highest BCUT2D eigenvalue weighted by Gasteiger charge is 2.29. The number of likely N-dealkylation sites (tertiary alicyclic amines) is 1. The minimum Gasteiger partial charge on any atom is -0.352 e. The Morgan fingerprint density at radius 2 is 2.07 bits per heavy atom. The van der Waals surface area contributed by atoms with Crippen LogP contribution in [0.3, 0.4) is 0 Å². The van der Waals surface area contributed by atoms with Gasteiger partial charge in [0.05, 0.1) is 17.1 Å². The number of benzene rings is 1. The van der Waals surface area contributed by atoms with Crippen molar-refractivity contribution in [1.82, 2.24) is 20.0 Å². The lowest BCUT2D eigenvalue weighted by Crippen LogP contribution is -2.50. The fourth-order valence-electron chi connectivity index (χ4n) is 3.93. The van der Waals surface area contributed by atoms with Crippen molar-refractivity contribution < 1.29 is 14.0 Å². The van der Waals surface area contributed by atoms with E-state index in [1.54, 1.807) is 12.1 Å². The second-order valence-corrected chi connectivity index (χ2v) is 8.62. The van der Waals surface area contributed by atoms with Gasteiger partial charge in [0, 0.05) is 24.5 Å². The maximum Gasteiger partial charge on any atom is 0.312 e. The van der Waals surface area contributed by atoms with Crippen LogP contribution in [0.5, 0.6) is 0 Å². The number of thiophene rings is 1. The first-order valence-electron chi connectivity index (χ1n) is 9.98. The Hall–Kier alpha value is -2.94. The summed E-state index contributed by atoms with van der Waals surface area (Å²) in [5.74, 6) is -0.300. The van der Waals surface area contributed by atoms with Gasteiger partial charge in [-0.05, 0) is 49.9 Å². The van der Waals surface area contributed by atoms with Gasteiger partial charge in [-0.25, -0.2) is 9.18 Å². The zero-order chi connectivity index (χ0) is 21.3. The van der Waals surface area contributed by atoms with Gasteiger partial charge < -0.3 is 16.0 Å². The van der Waals surface area contributed by atoms with Crippen molar-refractivity contribution in [3.8, 4) is 0 Å². The summed E-state index contributed by atoms with van der Waals surface area (Å²) in [7, 11) is 0. The maximum absolute atomic E-state index is 13.3. The molecule has 4 rings (SSSR count). The van der Waals surface area contributed by atoms with E-state index in [9.17, 15) is 14.0 Å². The van der Waals surface area contributed by atoms with Crippen molar-refractivity contribution in [2.24, 2.45) is 5.73 Å². The highest BCUT2D eigenvalue weighted by molar-refractivity contribution is 7.20. The number of aryl methyl sites for hydroxylation is 1. The summed E-state index contributed by atoms with van der Waals surface area (Å²) in [6.45, 7) is 3.46. The summed E-state index contributed by atoms with van der Waals surface area (Å²) in [6, 6.07) is 7.61. The second kappa shape index (κ2) is 8.43. The van der Waals surface area contributed by atoms with Crippen LogP contribution < -0.4 is 11.1 Å². The Morgan fingerprint density at radius 1 is 1.30 bits per heavy atom. The van der Waals surface area contributed by atoms with E-state index in [0.29, 0.717) is 24.5 Å². The first kappa shape index (κ1) is 20.3. The normalized spacial score (nSPS) is 16.7. The molecule has 3 amide bonds. The number of nitrogens with zero attached hydrogens (tertiary/aromatic N) is 3. The average Bonchev–Trinajstić information content (AvgIpc) is 3.29. The third-order valence-corrected chi connectivity index (χ3v) is 6.60. The number of halogens is 1. The Bertz CT molecular complexity index is 1080. The third-order valence-electron chi connectivity index (χ3n) is 5.46. The van der Waals surface area contributed by atoms with E-state index < -0.39 is 6.03 Å². The highest BCUT2D eigenvalue weighted by Crippen LogP contribution is 2.31. The van der Waals surface area contributed by atoms with Crippen molar-refractivity contribution >= 4 is 33.5 Å². The molecule has 1 aromatic carbocycles. The first-order valence-corrected chi connectivity index (χ1v) is 10.8. The molecule has 1 aliphatic rings. The largest absolute Gasteiger partial charge is 0.352 e. The molecule has 0 aliphatic carbocycles. The monoisotopic (exact) mass is 429 g/mol. The minimum absolute atomic E-state index is 0.0279. The van der Waals surface area contributed by atoms with Crippen LogP contribution in [0.25, 0.3) is 10.2 Å². The van der Waals surface area contributed by atoms with E-state index in [-0.39, 0.29) is 17.8 Å². The number of carbonyl (C=O) groups excluding carboxylic acids is 2. The number of rotatable bonds is 5. The number of hydrogen-bond acceptors (Lipinski definition) is 4. The van der Waals surface area contributed by atoms with Crippen LogP contribution in [-0.4, -0.2) is 45.8 Å². The van der Waals surface area contributed by atoms with Crippen molar-refractivity contribution in [1.29, 1.82) is 0 Å². The highest BCUT2D eigenvalue weighted by atomic mass is 32.1. The quantitative estimate of drug-likeness (QED) is 0.652. The van der Waals surface area contributed by atoms with Gasteiger partial charge in [0.2, 0.25) is 0 Å². The van der Waals surface area contributed by atoms with E-state index >= 15 is 0 Å². The van der Waals surface area contributed by atoms with Crippen LogP contribution in [0.15, 0.2) is 30.3 Å². The van der Waals surface area contributed by atoms with Gasteiger partial charge in [-0.1, -0.05) is 12.1 Å². The number of aromatic nitrogens is 2. The lowest BCUT2D eigenvalue weighted by Gasteiger charge is -2.35. The Labute approximate surface area is 177 Å². The van der Waals surface area contributed by atoms with Crippen LogP contribution in [0, 0.1) is 12.7 Å². The second-order valence-electron chi connectivity index (χ2n) is 7.59. The molecule has 2 aromatic heterocycles. The zero-order valence-corrected chi connectivity index (χ0v) is 17.5. The summed E-state index contributed by atoms with van der Waals surface area (Å²) >= 11 is 1.42. The van der Waals surface area contributed by atoms with E-state index in [4.69, 9.17) is 5.73 Å². The van der Waals surface area contributed by atoms with Crippen molar-refractivity contribution in [2.45, 2.75) is 38.8 Å². The molecule has 1 atom stereocenters. The predicted molar refractivity (Wildman–Crippen MR) is 114 cm³/mol. The van der Waals surface area contributed by atoms with E-state index in [0.717, 1.165) is 40.7 Å². The summed E-state index contributed by atoms with van der Waals surface area (Å²) in [5, 5.41) is 8.17. The predicted octanol–water partition coefficient (Wildman–Crippen LogP) is 3.26. The molecule has 1 unspecified atom stereocenters. The van der Waals surface area contributed by atoms with Gasteiger partial charge in [-0.2, -0.15) is 5.10 Å². The molecule has 3 heterocycles. The molecule has 1 saturated heterocycles. The SMILES string of the molecule is Cc1nn(Cc2ccc(F)cc2)c2sc(C(=O)N3CCCCC3CNC(N)=O)cc12. The first-order chi connectivity index (χ1) is 14.4. The molecule has 9 heteroatoms. The average molecular weight is 430 g/mol. The molecule has 0 saturated carbocycles. The molecule has 1 aliphatic heterocycles. The Balaban J connectivity index is 1.58. The lowest BCUT2D eigenvalue weighted by atomic mass is 10.0. The number of primary amides is 1. The molecule has 0 bridgehead atoms. The maximum atomic E-state index is 13.3. The van der Waals surface area contributed by atoms with Gasteiger partial charge in [0.1, 0.15) is 10.6 Å². The summed E-state index contributed by atoms with van der Waals surface area (Å²) in [6.07, 6.45) is 2.81. The van der Waals surface area contributed by atoms with Gasteiger partial charge in [0.25, 0.3) is 5.91 Å². The lowest BCUT2D eigenvalue weighted by molar-refractivity contribution is 0.0620. The van der Waals surface area contributed by atoms with Gasteiger partial charge in [0.15, 0.2) is 0 Å². The van der Waals surface area contributed by atoms with Crippen LogP contribution in [0.1, 0.15) is 40.2 Å². The van der Waals surface area contributed by atoms with Crippen LogP contribution >= 0.6 is 11.3 Å². The fourth-order valence-corrected chi connectivity index (χ4v) is 5.05. The number of nitrogens with two attached hydrogens (primary N) is 1. The Kier molecular flexibility index (Phi) is 5.72. The topological polar surface area (TPSA) is 93.2 Å². The number of fused-ring (bicyclic) bond motifs is 1. The van der Waals surface area contributed by atoms with Crippen LogP contribution in [0.2, 0.25) is 0 Å². The molecular weight excluding hydrogens is 405 g/mol. The van der Waals surface area contributed by atoms with Crippen LogP contribution in [-0.2, 0) is 6.54 Å². The van der Waals surface area contributed by atoms with Crippen molar-refractivity contribution in [3.63, 3.8) is 0 Å². The number of carbonyl (C=O) groups is 2. The fraction of sp³-hybridized carbons (Fsp3) is 0.381. The van der Waals surface area contributed by atoms with E-state index in [2.05, 4.69) is 10.4 Å². The van der Waals surface area contributed by atoms with Gasteiger partial charge >= 0.3 is 6.03 Å². The Morgan fingerprint density at radius 3 is 2.80 bits per heavy atom. The molecular formula is C21H24FN5O2S. The standard InChI is InChI=1S/C21H24FN5O2S/c1-13-17-10-18(19(28)26-9-3-2-4-16(26)11-24-21(23)29)30-20(17)27(25-13)12-14-5-7-15(22)8-6-14/h5-8,10,16H,2-4,9,11-12H2,1H3,(H3,23,24,29).